The molecular formula is C13H13FN2OS. The molecule has 1 amide bonds. The van der Waals surface area contributed by atoms with Crippen LogP contribution in [0.25, 0.3) is 0 Å². The van der Waals surface area contributed by atoms with Crippen molar-refractivity contribution < 1.29 is 9.18 Å². The number of amides is 1. The van der Waals surface area contributed by atoms with Crippen molar-refractivity contribution >= 4 is 22.9 Å². The van der Waals surface area contributed by atoms with Crippen LogP contribution in [0.3, 0.4) is 0 Å². The summed E-state index contributed by atoms with van der Waals surface area (Å²) in [4.78, 5) is 14.0. The molecule has 1 heterocycles. The van der Waals surface area contributed by atoms with Crippen LogP contribution in [-0.2, 0) is 6.54 Å². The summed E-state index contributed by atoms with van der Waals surface area (Å²) in [6.07, 6.45) is 0. The minimum atomic E-state index is -0.566. The van der Waals surface area contributed by atoms with Crippen LogP contribution in [0.4, 0.5) is 10.1 Å². The molecule has 1 aromatic carbocycles. The third-order valence-corrected chi connectivity index (χ3v) is 3.45. The number of anilines is 1. The molecule has 0 saturated heterocycles. The number of carbonyl (C=O) groups excluding carboxylic acids is 1. The molecular weight excluding hydrogens is 251 g/mol. The number of hydrogen-bond donors (Lipinski definition) is 2. The largest absolute Gasteiger partial charge is 0.399 e. The molecule has 2 aromatic rings. The number of thiophene rings is 1. The van der Waals surface area contributed by atoms with Gasteiger partial charge in [0.05, 0.1) is 12.1 Å². The first-order valence-corrected chi connectivity index (χ1v) is 6.26. The average molecular weight is 264 g/mol. The summed E-state index contributed by atoms with van der Waals surface area (Å²) in [7, 11) is 0. The quantitative estimate of drug-likeness (QED) is 0.837. The number of aryl methyl sites for hydroxylation is 1. The smallest absolute Gasteiger partial charge is 0.254 e. The molecule has 5 heteroatoms. The van der Waals surface area contributed by atoms with Gasteiger partial charge in [-0.2, -0.15) is 0 Å². The lowest BCUT2D eigenvalue weighted by molar-refractivity contribution is 0.0947. The molecule has 0 unspecified atom stereocenters. The Bertz CT molecular complexity index is 580. The van der Waals surface area contributed by atoms with Gasteiger partial charge in [-0.15, -0.1) is 11.3 Å². The van der Waals surface area contributed by atoms with E-state index in [0.717, 1.165) is 4.88 Å². The van der Waals surface area contributed by atoms with E-state index in [2.05, 4.69) is 5.32 Å². The maximum atomic E-state index is 13.4. The Hall–Kier alpha value is -1.88. The minimum absolute atomic E-state index is 0.0247. The molecule has 18 heavy (non-hydrogen) atoms. The van der Waals surface area contributed by atoms with Crippen molar-refractivity contribution in [2.75, 3.05) is 5.73 Å². The lowest BCUT2D eigenvalue weighted by Crippen LogP contribution is -2.23. The Kier molecular flexibility index (Phi) is 3.62. The van der Waals surface area contributed by atoms with E-state index < -0.39 is 11.7 Å². The van der Waals surface area contributed by atoms with Crippen molar-refractivity contribution in [3.8, 4) is 0 Å². The predicted molar refractivity (Wildman–Crippen MR) is 71.0 cm³/mol. The van der Waals surface area contributed by atoms with Gasteiger partial charge in [-0.1, -0.05) is 0 Å². The molecule has 0 fully saturated rings. The number of carbonyl (C=O) groups is 1. The molecule has 0 aliphatic carbocycles. The maximum Gasteiger partial charge on any atom is 0.254 e. The Morgan fingerprint density at radius 1 is 1.39 bits per heavy atom. The van der Waals surface area contributed by atoms with Crippen LogP contribution >= 0.6 is 11.3 Å². The fourth-order valence-electron chi connectivity index (χ4n) is 1.56. The van der Waals surface area contributed by atoms with Crippen molar-refractivity contribution in [2.24, 2.45) is 0 Å². The van der Waals surface area contributed by atoms with Crippen molar-refractivity contribution in [3.05, 3.63) is 51.5 Å². The fourth-order valence-corrected chi connectivity index (χ4v) is 2.39. The molecule has 0 aliphatic heterocycles. The van der Waals surface area contributed by atoms with E-state index in [0.29, 0.717) is 12.2 Å². The van der Waals surface area contributed by atoms with Crippen molar-refractivity contribution in [2.45, 2.75) is 13.5 Å². The van der Waals surface area contributed by atoms with E-state index in [1.54, 1.807) is 11.3 Å². The summed E-state index contributed by atoms with van der Waals surface area (Å²) in [6, 6.07) is 7.88. The van der Waals surface area contributed by atoms with Crippen LogP contribution in [0.2, 0.25) is 0 Å². The third kappa shape index (κ3) is 2.87. The highest BCUT2D eigenvalue weighted by Crippen LogP contribution is 2.15. The average Bonchev–Trinajstić information content (AvgIpc) is 2.75. The second-order valence-corrected chi connectivity index (χ2v) is 5.31. The Balaban J connectivity index is 2.05. The van der Waals surface area contributed by atoms with Crippen LogP contribution in [0.5, 0.6) is 0 Å². The summed E-state index contributed by atoms with van der Waals surface area (Å²) < 4.78 is 13.4. The molecule has 0 bridgehead atoms. The zero-order chi connectivity index (χ0) is 13.1. The molecule has 3 nitrogen and oxygen atoms in total. The molecule has 2 rings (SSSR count). The number of benzene rings is 1. The first-order chi connectivity index (χ1) is 8.56. The highest BCUT2D eigenvalue weighted by molar-refractivity contribution is 7.11. The standard InChI is InChI=1S/C13H13FN2OS/c1-8-2-4-10(18-8)7-16-13(17)11-6-9(15)3-5-12(11)14/h2-6H,7,15H2,1H3,(H,16,17). The van der Waals surface area contributed by atoms with Gasteiger partial charge in [0, 0.05) is 15.4 Å². The van der Waals surface area contributed by atoms with E-state index in [-0.39, 0.29) is 5.56 Å². The maximum absolute atomic E-state index is 13.4. The Labute approximate surface area is 108 Å². The van der Waals surface area contributed by atoms with Crippen molar-refractivity contribution in [1.29, 1.82) is 0 Å². The summed E-state index contributed by atoms with van der Waals surface area (Å²) in [5.74, 6) is -1.02. The van der Waals surface area contributed by atoms with Crippen LogP contribution in [0, 0.1) is 12.7 Å². The number of nitrogens with two attached hydrogens (primary N) is 1. The summed E-state index contributed by atoms with van der Waals surface area (Å²) in [6.45, 7) is 2.39. The van der Waals surface area contributed by atoms with E-state index in [4.69, 9.17) is 5.73 Å². The predicted octanol–water partition coefficient (Wildman–Crippen LogP) is 2.71. The Morgan fingerprint density at radius 2 is 2.17 bits per heavy atom. The molecule has 94 valence electrons. The van der Waals surface area contributed by atoms with Gasteiger partial charge < -0.3 is 11.1 Å². The zero-order valence-electron chi connectivity index (χ0n) is 9.87. The van der Waals surface area contributed by atoms with Gasteiger partial charge >= 0.3 is 0 Å². The third-order valence-electron chi connectivity index (χ3n) is 2.45. The monoisotopic (exact) mass is 264 g/mol. The van der Waals surface area contributed by atoms with Gasteiger partial charge in [-0.05, 0) is 37.3 Å². The summed E-state index contributed by atoms with van der Waals surface area (Å²) >= 11 is 1.60. The second-order valence-electron chi connectivity index (χ2n) is 3.93. The molecule has 3 N–H and O–H groups in total. The zero-order valence-corrected chi connectivity index (χ0v) is 10.7. The van der Waals surface area contributed by atoms with Crippen LogP contribution in [0.1, 0.15) is 20.1 Å². The van der Waals surface area contributed by atoms with Gasteiger partial charge in [-0.25, -0.2) is 4.39 Å². The van der Waals surface area contributed by atoms with E-state index in [1.165, 1.54) is 23.1 Å². The summed E-state index contributed by atoms with van der Waals surface area (Å²) in [5, 5.41) is 2.67. The molecule has 0 spiro atoms. The van der Waals surface area contributed by atoms with Crippen LogP contribution in [0.15, 0.2) is 30.3 Å². The van der Waals surface area contributed by atoms with Gasteiger partial charge in [0.25, 0.3) is 5.91 Å². The van der Waals surface area contributed by atoms with Gasteiger partial charge in [0.2, 0.25) is 0 Å². The van der Waals surface area contributed by atoms with E-state index in [9.17, 15) is 9.18 Å². The number of halogens is 1. The topological polar surface area (TPSA) is 55.1 Å². The summed E-state index contributed by atoms with van der Waals surface area (Å²) in [5.41, 5.74) is 5.88. The highest BCUT2D eigenvalue weighted by Gasteiger charge is 2.11. The van der Waals surface area contributed by atoms with E-state index >= 15 is 0 Å². The highest BCUT2D eigenvalue weighted by atomic mass is 32.1. The normalized spacial score (nSPS) is 10.3. The van der Waals surface area contributed by atoms with Crippen molar-refractivity contribution in [3.63, 3.8) is 0 Å². The first kappa shape index (κ1) is 12.6. The molecule has 0 atom stereocenters. The number of hydrogen-bond acceptors (Lipinski definition) is 3. The lowest BCUT2D eigenvalue weighted by Gasteiger charge is -2.05. The Morgan fingerprint density at radius 3 is 2.83 bits per heavy atom. The first-order valence-electron chi connectivity index (χ1n) is 5.45. The minimum Gasteiger partial charge on any atom is -0.399 e. The van der Waals surface area contributed by atoms with E-state index in [1.807, 2.05) is 19.1 Å². The molecule has 0 saturated carbocycles. The SMILES string of the molecule is Cc1ccc(CNC(=O)c2cc(N)ccc2F)s1. The number of nitrogen functional groups attached to an aromatic ring is 1. The number of nitrogens with one attached hydrogen (secondary N) is 1. The van der Waals surface area contributed by atoms with Crippen LogP contribution < -0.4 is 11.1 Å². The lowest BCUT2D eigenvalue weighted by atomic mass is 10.2. The molecule has 0 aliphatic rings. The number of rotatable bonds is 3. The van der Waals surface area contributed by atoms with Gasteiger partial charge in [-0.3, -0.25) is 4.79 Å². The van der Waals surface area contributed by atoms with Crippen LogP contribution in [-0.4, -0.2) is 5.91 Å². The fraction of sp³-hybridized carbons (Fsp3) is 0.154. The van der Waals surface area contributed by atoms with Gasteiger partial charge in [0.15, 0.2) is 0 Å². The molecule has 0 radical (unpaired) electrons. The van der Waals surface area contributed by atoms with Gasteiger partial charge in [0.1, 0.15) is 5.82 Å². The molecule has 1 aromatic heterocycles. The van der Waals surface area contributed by atoms with Crippen molar-refractivity contribution in [1.82, 2.24) is 5.32 Å². The second kappa shape index (κ2) is 5.18.